The Morgan fingerprint density at radius 1 is 0.933 bits per heavy atom. The van der Waals surface area contributed by atoms with Crippen LogP contribution in [-0.4, -0.2) is 54.2 Å². The molecule has 0 radical (unpaired) electrons. The van der Waals surface area contributed by atoms with E-state index >= 15 is 0 Å². The largest absolute Gasteiger partial charge is 0.504 e. The number of aromatic hydroxyl groups is 4. The molecule has 164 valence electrons. The molecule has 30 heavy (non-hydrogen) atoms. The van der Waals surface area contributed by atoms with Gasteiger partial charge in [-0.3, -0.25) is 15.4 Å². The molecule has 0 spiro atoms. The highest BCUT2D eigenvalue weighted by atomic mass is 16.4. The number of benzene rings is 2. The van der Waals surface area contributed by atoms with Crippen molar-refractivity contribution >= 4 is 11.9 Å². The number of carboxylic acid groups (broad SMARTS) is 2. The number of nitrogens with one attached hydrogen (secondary N) is 1. The number of rotatable bonds is 7. The van der Waals surface area contributed by atoms with Crippen molar-refractivity contribution < 1.29 is 40.2 Å². The van der Waals surface area contributed by atoms with Crippen LogP contribution in [0.15, 0.2) is 36.4 Å². The molecule has 0 bridgehead atoms. The van der Waals surface area contributed by atoms with Crippen molar-refractivity contribution in [2.75, 3.05) is 0 Å². The minimum Gasteiger partial charge on any atom is -0.504 e. The zero-order valence-electron chi connectivity index (χ0n) is 16.1. The Hall–Kier alpha value is -3.54. The maximum absolute atomic E-state index is 11.0. The molecule has 0 amide bonds. The van der Waals surface area contributed by atoms with Gasteiger partial charge in [0.1, 0.15) is 11.6 Å². The lowest BCUT2D eigenvalue weighted by molar-refractivity contribution is -0.144. The van der Waals surface area contributed by atoms with E-state index in [4.69, 9.17) is 37.1 Å². The van der Waals surface area contributed by atoms with E-state index < -0.39 is 23.5 Å². The molecule has 11 N–H and O–H groups in total. The molecule has 11 heteroatoms. The molecule has 2 aromatic rings. The van der Waals surface area contributed by atoms with Gasteiger partial charge in [0.2, 0.25) is 0 Å². The summed E-state index contributed by atoms with van der Waals surface area (Å²) in [6.45, 7) is 1.43. The summed E-state index contributed by atoms with van der Waals surface area (Å²) in [5, 5.41) is 54.0. The minimum absolute atomic E-state index is 0.0900. The Balaban J connectivity index is 0.000000303. The number of hydrazine groups is 1. The Labute approximate surface area is 171 Å². The van der Waals surface area contributed by atoms with Crippen molar-refractivity contribution in [2.24, 2.45) is 11.6 Å². The SMILES string of the molecule is CC(Cc1ccc(O)c(O)c1)(NN)C(=O)O.NC(Cc1ccc(O)c(O)c1)C(=O)O. The van der Waals surface area contributed by atoms with E-state index in [0.717, 1.165) is 0 Å². The molecule has 0 fully saturated rings. The van der Waals surface area contributed by atoms with Gasteiger partial charge in [0, 0.05) is 6.42 Å². The van der Waals surface area contributed by atoms with Gasteiger partial charge >= 0.3 is 11.9 Å². The van der Waals surface area contributed by atoms with Crippen molar-refractivity contribution in [1.82, 2.24) is 5.43 Å². The standard InChI is InChI=1S/C10H14N2O4.C9H11NO4/c1-10(12-11,9(15)16)5-6-2-3-7(13)8(14)4-6;10-6(9(13)14)3-5-1-2-7(11)8(12)4-5/h2-4,12-14H,5,11H2,1H3,(H,15,16);1-2,4,6,11-12H,3,10H2,(H,13,14). The molecular weight excluding hydrogens is 398 g/mol. The van der Waals surface area contributed by atoms with Gasteiger partial charge in [-0.2, -0.15) is 0 Å². The first kappa shape index (κ1) is 24.5. The maximum atomic E-state index is 11.0. The van der Waals surface area contributed by atoms with Gasteiger partial charge in [0.15, 0.2) is 23.0 Å². The quantitative estimate of drug-likeness (QED) is 0.164. The fourth-order valence-electron chi connectivity index (χ4n) is 2.31. The second-order valence-corrected chi connectivity index (χ2v) is 6.75. The summed E-state index contributed by atoms with van der Waals surface area (Å²) in [6, 6.07) is 7.21. The lowest BCUT2D eigenvalue weighted by Gasteiger charge is -2.23. The molecule has 2 rings (SSSR count). The predicted octanol–water partition coefficient (Wildman–Crippen LogP) is -0.000900. The topological polar surface area (TPSA) is 220 Å². The van der Waals surface area contributed by atoms with Crippen LogP contribution in [0.4, 0.5) is 0 Å². The Morgan fingerprint density at radius 3 is 1.80 bits per heavy atom. The number of phenols is 4. The van der Waals surface area contributed by atoms with Crippen LogP contribution in [0.5, 0.6) is 23.0 Å². The molecule has 2 atom stereocenters. The Kier molecular flexibility index (Phi) is 8.41. The first-order valence-electron chi connectivity index (χ1n) is 8.61. The minimum atomic E-state index is -1.32. The van der Waals surface area contributed by atoms with Gasteiger partial charge in [-0.1, -0.05) is 12.1 Å². The highest BCUT2D eigenvalue weighted by molar-refractivity contribution is 5.78. The Morgan fingerprint density at radius 2 is 1.40 bits per heavy atom. The summed E-state index contributed by atoms with van der Waals surface area (Å²) >= 11 is 0. The fourth-order valence-corrected chi connectivity index (χ4v) is 2.31. The summed E-state index contributed by atoms with van der Waals surface area (Å²) in [5.41, 5.74) is 7.31. The van der Waals surface area contributed by atoms with Crippen molar-refractivity contribution in [2.45, 2.75) is 31.3 Å². The number of hydrogen-bond donors (Lipinski definition) is 9. The highest BCUT2D eigenvalue weighted by Gasteiger charge is 2.32. The zero-order valence-corrected chi connectivity index (χ0v) is 16.1. The lowest BCUT2D eigenvalue weighted by atomic mass is 9.93. The fraction of sp³-hybridized carbons (Fsp3) is 0.263. The molecule has 0 aromatic heterocycles. The number of phenolic OH excluding ortho intramolecular Hbond substituents is 4. The summed E-state index contributed by atoms with van der Waals surface area (Å²) in [5.74, 6) is 1.93. The van der Waals surface area contributed by atoms with Crippen molar-refractivity contribution in [3.8, 4) is 23.0 Å². The van der Waals surface area contributed by atoms with Crippen LogP contribution in [0, 0.1) is 0 Å². The molecule has 0 saturated carbocycles. The van der Waals surface area contributed by atoms with E-state index in [2.05, 4.69) is 5.43 Å². The van der Waals surface area contributed by atoms with Crippen LogP contribution < -0.4 is 17.0 Å². The summed E-state index contributed by atoms with van der Waals surface area (Å²) in [6.07, 6.45) is 0.204. The molecule has 0 aliphatic rings. The predicted molar refractivity (Wildman–Crippen MR) is 106 cm³/mol. The second-order valence-electron chi connectivity index (χ2n) is 6.75. The summed E-state index contributed by atoms with van der Waals surface area (Å²) < 4.78 is 0. The summed E-state index contributed by atoms with van der Waals surface area (Å²) in [7, 11) is 0. The van der Waals surface area contributed by atoms with Crippen molar-refractivity contribution in [3.63, 3.8) is 0 Å². The smallest absolute Gasteiger partial charge is 0.325 e. The van der Waals surface area contributed by atoms with Gasteiger partial charge in [0.25, 0.3) is 0 Å². The molecule has 0 aliphatic heterocycles. The molecule has 2 aromatic carbocycles. The Bertz CT molecular complexity index is 905. The number of nitrogens with two attached hydrogens (primary N) is 2. The zero-order chi connectivity index (χ0) is 23.1. The van der Waals surface area contributed by atoms with Crippen LogP contribution in [0.3, 0.4) is 0 Å². The van der Waals surface area contributed by atoms with Crippen LogP contribution >= 0.6 is 0 Å². The van der Waals surface area contributed by atoms with E-state index in [1.165, 1.54) is 43.3 Å². The third-order valence-electron chi connectivity index (χ3n) is 4.20. The van der Waals surface area contributed by atoms with E-state index in [1.807, 2.05) is 0 Å². The average molecular weight is 423 g/mol. The van der Waals surface area contributed by atoms with Crippen LogP contribution in [0.2, 0.25) is 0 Å². The molecule has 0 aliphatic carbocycles. The highest BCUT2D eigenvalue weighted by Crippen LogP contribution is 2.27. The normalized spacial score (nSPS) is 13.4. The van der Waals surface area contributed by atoms with E-state index in [1.54, 1.807) is 0 Å². The number of hydrogen-bond acceptors (Lipinski definition) is 9. The van der Waals surface area contributed by atoms with Gasteiger partial charge < -0.3 is 36.4 Å². The van der Waals surface area contributed by atoms with Crippen LogP contribution in [0.1, 0.15) is 18.1 Å². The van der Waals surface area contributed by atoms with Crippen LogP contribution in [-0.2, 0) is 22.4 Å². The van der Waals surface area contributed by atoms with Gasteiger partial charge in [-0.05, 0) is 48.7 Å². The average Bonchev–Trinajstić information content (AvgIpc) is 2.67. The van der Waals surface area contributed by atoms with Gasteiger partial charge in [-0.25, -0.2) is 5.43 Å². The first-order valence-corrected chi connectivity index (χ1v) is 8.61. The molecule has 11 nitrogen and oxygen atoms in total. The van der Waals surface area contributed by atoms with Crippen molar-refractivity contribution in [3.05, 3.63) is 47.5 Å². The number of carbonyl (C=O) groups is 2. The van der Waals surface area contributed by atoms with Crippen molar-refractivity contribution in [1.29, 1.82) is 0 Å². The molecular formula is C19H25N3O8. The van der Waals surface area contributed by atoms with Gasteiger partial charge in [-0.15, -0.1) is 0 Å². The van der Waals surface area contributed by atoms with Gasteiger partial charge in [0.05, 0.1) is 0 Å². The molecule has 2 unspecified atom stereocenters. The summed E-state index contributed by atoms with van der Waals surface area (Å²) in [4.78, 5) is 21.4. The first-order chi connectivity index (χ1) is 13.9. The van der Waals surface area contributed by atoms with E-state index in [9.17, 15) is 14.7 Å². The molecule has 0 heterocycles. The number of aliphatic carboxylic acids is 2. The van der Waals surface area contributed by atoms with Crippen LogP contribution in [0.25, 0.3) is 0 Å². The second kappa shape index (κ2) is 10.3. The van der Waals surface area contributed by atoms with E-state index in [0.29, 0.717) is 11.1 Å². The number of carboxylic acids is 2. The third kappa shape index (κ3) is 6.81. The third-order valence-corrected chi connectivity index (χ3v) is 4.20. The van der Waals surface area contributed by atoms with E-state index in [-0.39, 0.29) is 35.8 Å². The monoisotopic (exact) mass is 423 g/mol. The lowest BCUT2D eigenvalue weighted by Crippen LogP contribution is -2.54. The molecule has 0 saturated heterocycles. The maximum Gasteiger partial charge on any atom is 0.325 e.